The van der Waals surface area contributed by atoms with Crippen molar-refractivity contribution >= 4 is 45.8 Å². The van der Waals surface area contributed by atoms with Crippen LogP contribution >= 0.6 is 11.6 Å². The van der Waals surface area contributed by atoms with E-state index < -0.39 is 10.8 Å². The van der Waals surface area contributed by atoms with Gasteiger partial charge < -0.3 is 20.0 Å². The Labute approximate surface area is 195 Å². The number of likely N-dealkylation sites (tertiary alicyclic amines) is 1. The van der Waals surface area contributed by atoms with Crippen molar-refractivity contribution in [1.82, 2.24) is 14.9 Å². The van der Waals surface area contributed by atoms with Crippen molar-refractivity contribution in [3.8, 4) is 0 Å². The van der Waals surface area contributed by atoms with Gasteiger partial charge in [0.05, 0.1) is 16.5 Å². The number of piperidine rings is 1. The molecule has 4 heterocycles. The molecule has 1 amide bonds. The summed E-state index contributed by atoms with van der Waals surface area (Å²) in [5.74, 6) is 2.13. The smallest absolute Gasteiger partial charge is 0.227 e. The van der Waals surface area contributed by atoms with E-state index in [0.717, 1.165) is 53.9 Å². The number of aromatic nitrogens is 2. The number of nitrogens with zero attached hydrogens (tertiary/aromatic N) is 5. The number of fused-ring (bicyclic) bond motifs is 1. The third kappa shape index (κ3) is 4.28. The van der Waals surface area contributed by atoms with Crippen molar-refractivity contribution in [2.45, 2.75) is 30.2 Å². The van der Waals surface area contributed by atoms with Crippen molar-refractivity contribution in [3.63, 3.8) is 0 Å². The van der Waals surface area contributed by atoms with Crippen molar-refractivity contribution in [2.75, 3.05) is 60.6 Å². The molecule has 170 valence electrons. The van der Waals surface area contributed by atoms with Gasteiger partial charge in [-0.3, -0.25) is 9.00 Å². The van der Waals surface area contributed by atoms with Crippen LogP contribution < -0.4 is 15.1 Å². The molecule has 2 saturated heterocycles. The van der Waals surface area contributed by atoms with Crippen LogP contribution in [0.3, 0.4) is 0 Å². The van der Waals surface area contributed by atoms with E-state index in [1.807, 2.05) is 31.3 Å². The number of piperazine rings is 1. The molecule has 0 bridgehead atoms. The number of amides is 1. The number of benzene rings is 1. The van der Waals surface area contributed by atoms with Crippen LogP contribution in [0.15, 0.2) is 29.2 Å². The lowest BCUT2D eigenvalue weighted by molar-refractivity contribution is -0.132. The van der Waals surface area contributed by atoms with Crippen LogP contribution in [0, 0.1) is 0 Å². The number of aryl methyl sites for hydroxylation is 1. The Hall–Kier alpha value is -2.39. The number of rotatable bonds is 4. The summed E-state index contributed by atoms with van der Waals surface area (Å²) in [6.45, 7) is 3.98. The molecule has 1 N–H and O–H groups in total. The minimum Gasteiger partial charge on any atom is -0.368 e. The number of halogens is 1. The maximum atomic E-state index is 12.7. The Morgan fingerprint density at radius 2 is 1.78 bits per heavy atom. The summed E-state index contributed by atoms with van der Waals surface area (Å²) in [6, 6.07) is 8.03. The van der Waals surface area contributed by atoms with E-state index >= 15 is 0 Å². The Morgan fingerprint density at radius 3 is 2.50 bits per heavy atom. The first kappa shape index (κ1) is 21.5. The second kappa shape index (κ2) is 8.86. The summed E-state index contributed by atoms with van der Waals surface area (Å²) in [7, 11) is 0.743. The Bertz CT molecular complexity index is 1040. The predicted octanol–water partition coefficient (Wildman–Crippen LogP) is 2.15. The fraction of sp³-hybridized carbons (Fsp3) is 0.500. The fourth-order valence-electron chi connectivity index (χ4n) is 4.56. The minimum absolute atomic E-state index is 0.101. The third-order valence-electron chi connectivity index (χ3n) is 6.40. The minimum atomic E-state index is -1.08. The molecule has 2 fully saturated rings. The molecular weight excluding hydrogens is 448 g/mol. The first-order chi connectivity index (χ1) is 15.5. The molecule has 10 heteroatoms. The molecule has 0 spiro atoms. The van der Waals surface area contributed by atoms with Gasteiger partial charge in [0.1, 0.15) is 10.7 Å². The van der Waals surface area contributed by atoms with Gasteiger partial charge in [-0.25, -0.2) is 4.98 Å². The molecular formula is C22H27ClN6O2S. The zero-order valence-electron chi connectivity index (χ0n) is 18.1. The molecule has 3 aliphatic rings. The first-order valence-corrected chi connectivity index (χ1v) is 12.7. The first-order valence-electron chi connectivity index (χ1n) is 11.0. The van der Waals surface area contributed by atoms with Gasteiger partial charge >= 0.3 is 0 Å². The highest BCUT2D eigenvalue weighted by atomic mass is 35.5. The van der Waals surface area contributed by atoms with E-state index in [0.29, 0.717) is 36.9 Å². The molecule has 2 atom stereocenters. The van der Waals surface area contributed by atoms with Gasteiger partial charge in [-0.05, 0) is 30.7 Å². The van der Waals surface area contributed by atoms with E-state index in [9.17, 15) is 9.00 Å². The van der Waals surface area contributed by atoms with E-state index in [1.165, 1.54) is 0 Å². The molecule has 1 aromatic carbocycles. The van der Waals surface area contributed by atoms with Crippen LogP contribution in [0.1, 0.15) is 18.5 Å². The summed E-state index contributed by atoms with van der Waals surface area (Å²) < 4.78 is 12.7. The Kier molecular flexibility index (Phi) is 5.94. The highest BCUT2D eigenvalue weighted by molar-refractivity contribution is 7.85. The molecule has 3 aliphatic heterocycles. The van der Waals surface area contributed by atoms with Gasteiger partial charge in [0.25, 0.3) is 0 Å². The number of carbonyl (C=O) groups is 1. The average molecular weight is 475 g/mol. The molecule has 0 radical (unpaired) electrons. The largest absolute Gasteiger partial charge is 0.368 e. The summed E-state index contributed by atoms with van der Waals surface area (Å²) in [5, 5.41) is 4.23. The normalized spacial score (nSPS) is 23.4. The molecule has 1 unspecified atom stereocenters. The third-order valence-corrected chi connectivity index (χ3v) is 8.11. The molecule has 5 rings (SSSR count). The Morgan fingerprint density at radius 1 is 1.06 bits per heavy atom. The monoisotopic (exact) mass is 474 g/mol. The van der Waals surface area contributed by atoms with Gasteiger partial charge in [-0.1, -0.05) is 11.6 Å². The number of nitrogens with one attached hydrogen (secondary N) is 1. The summed E-state index contributed by atoms with van der Waals surface area (Å²) in [4.78, 5) is 28.5. The lowest BCUT2D eigenvalue weighted by atomic mass is 10.1. The lowest BCUT2D eigenvalue weighted by Crippen LogP contribution is -2.47. The zero-order chi connectivity index (χ0) is 22.2. The lowest BCUT2D eigenvalue weighted by Gasteiger charge is -2.36. The van der Waals surface area contributed by atoms with Crippen LogP contribution in [-0.4, -0.2) is 76.6 Å². The SMILES string of the molecule is CN1CC(Nc2nc(N3CCN(c4ccc(Cl)cc4)CC3)nc3c2[S@@](=O)CC3)CCC1=O. The highest BCUT2D eigenvalue weighted by Gasteiger charge is 2.31. The van der Waals surface area contributed by atoms with Crippen LogP contribution in [0.2, 0.25) is 5.02 Å². The predicted molar refractivity (Wildman–Crippen MR) is 127 cm³/mol. The zero-order valence-corrected chi connectivity index (χ0v) is 19.7. The van der Waals surface area contributed by atoms with Gasteiger partial charge in [0.15, 0.2) is 0 Å². The van der Waals surface area contributed by atoms with Gasteiger partial charge in [-0.2, -0.15) is 4.98 Å². The second-order valence-corrected chi connectivity index (χ2v) is 10.5. The molecule has 32 heavy (non-hydrogen) atoms. The van der Waals surface area contributed by atoms with Gasteiger partial charge in [-0.15, -0.1) is 0 Å². The molecule has 2 aromatic rings. The Balaban J connectivity index is 1.34. The quantitative estimate of drug-likeness (QED) is 0.727. The van der Waals surface area contributed by atoms with Crippen molar-refractivity contribution < 1.29 is 9.00 Å². The van der Waals surface area contributed by atoms with Crippen LogP contribution in [0.4, 0.5) is 17.5 Å². The molecule has 8 nitrogen and oxygen atoms in total. The van der Waals surface area contributed by atoms with Crippen LogP contribution in [0.5, 0.6) is 0 Å². The van der Waals surface area contributed by atoms with Crippen molar-refractivity contribution in [1.29, 1.82) is 0 Å². The van der Waals surface area contributed by atoms with Gasteiger partial charge in [0.2, 0.25) is 11.9 Å². The van der Waals surface area contributed by atoms with E-state index in [2.05, 4.69) is 15.1 Å². The van der Waals surface area contributed by atoms with Crippen molar-refractivity contribution in [3.05, 3.63) is 35.0 Å². The summed E-state index contributed by atoms with van der Waals surface area (Å²) in [5.41, 5.74) is 2.05. The van der Waals surface area contributed by atoms with Crippen LogP contribution in [0.25, 0.3) is 0 Å². The maximum Gasteiger partial charge on any atom is 0.227 e. The molecule has 0 saturated carbocycles. The number of carbonyl (C=O) groups excluding carboxylic acids is 1. The number of anilines is 3. The van der Waals surface area contributed by atoms with E-state index in [4.69, 9.17) is 21.6 Å². The molecule has 0 aliphatic carbocycles. The molecule has 1 aromatic heterocycles. The summed E-state index contributed by atoms with van der Waals surface area (Å²) in [6.07, 6.45) is 1.98. The van der Waals surface area contributed by atoms with Gasteiger partial charge in [0, 0.05) is 75.1 Å². The average Bonchev–Trinajstić information content (AvgIpc) is 3.18. The second-order valence-electron chi connectivity index (χ2n) is 8.55. The summed E-state index contributed by atoms with van der Waals surface area (Å²) >= 11 is 6.02. The highest BCUT2D eigenvalue weighted by Crippen LogP contribution is 2.31. The number of likely N-dealkylation sites (N-methyl/N-ethyl adjacent to an activating group) is 1. The van der Waals surface area contributed by atoms with E-state index in [1.54, 1.807) is 4.90 Å². The topological polar surface area (TPSA) is 81.7 Å². The van der Waals surface area contributed by atoms with Crippen LogP contribution in [-0.2, 0) is 22.0 Å². The number of hydrogen-bond acceptors (Lipinski definition) is 7. The number of hydrogen-bond donors (Lipinski definition) is 1. The fourth-order valence-corrected chi connectivity index (χ4v) is 6.00. The standard InChI is InChI=1S/C22H27ClN6O2S/c1-27-14-16(4-7-19(27)30)24-21-20-18(8-13-32(20)31)25-22(26-21)29-11-9-28(10-12-29)17-5-2-15(23)3-6-17/h2-3,5-6,16H,4,7-14H2,1H3,(H,24,25,26)/t16?,32-/m0/s1. The van der Waals surface area contributed by atoms with E-state index in [-0.39, 0.29) is 11.9 Å². The van der Waals surface area contributed by atoms with Crippen molar-refractivity contribution in [2.24, 2.45) is 0 Å². The maximum absolute atomic E-state index is 12.7.